The molecule has 0 saturated heterocycles. The molecule has 0 aliphatic carbocycles. The van der Waals surface area contributed by atoms with Crippen molar-refractivity contribution in [2.24, 2.45) is 5.92 Å². The highest BCUT2D eigenvalue weighted by molar-refractivity contribution is 5.99. The highest BCUT2D eigenvalue weighted by atomic mass is 16.5. The number of likely N-dealkylation sites (N-methyl/N-ethyl adjacent to an activating group) is 1. The van der Waals surface area contributed by atoms with Crippen LogP contribution in [0.2, 0.25) is 0 Å². The number of carbonyl (C=O) groups excluding carboxylic acids is 2. The number of benzene rings is 1. The Morgan fingerprint density at radius 2 is 1.94 bits per heavy atom. The van der Waals surface area contributed by atoms with Crippen LogP contribution in [0.15, 0.2) is 42.7 Å². The molecule has 3 atom stereocenters. The highest BCUT2D eigenvalue weighted by Gasteiger charge is 2.28. The first-order chi connectivity index (χ1) is 15.8. The van der Waals surface area contributed by atoms with Gasteiger partial charge in [-0.1, -0.05) is 6.92 Å². The van der Waals surface area contributed by atoms with Crippen LogP contribution in [0.1, 0.15) is 36.7 Å². The zero-order valence-electron chi connectivity index (χ0n) is 20.1. The number of nitrogens with zero attached hydrogens (tertiary/aromatic N) is 3. The normalized spacial score (nSPS) is 22.5. The van der Waals surface area contributed by atoms with Crippen LogP contribution in [0.25, 0.3) is 0 Å². The number of amides is 2. The SMILES string of the molecule is CO[C@H]1CN(C)C(=O)c2cc(NC(C)=O)ccc2OC[C@H](C)N(Cc2ccncc2)C[C@@H]1C. The molecule has 1 aliphatic rings. The Balaban J connectivity index is 1.94. The Kier molecular flexibility index (Phi) is 8.41. The van der Waals surface area contributed by atoms with E-state index in [-0.39, 0.29) is 29.9 Å². The van der Waals surface area contributed by atoms with Crippen molar-refractivity contribution in [2.45, 2.75) is 39.5 Å². The molecule has 2 amide bonds. The number of hydrogen-bond acceptors (Lipinski definition) is 6. The highest BCUT2D eigenvalue weighted by Crippen LogP contribution is 2.26. The van der Waals surface area contributed by atoms with Gasteiger partial charge in [-0.3, -0.25) is 19.5 Å². The Morgan fingerprint density at radius 3 is 2.61 bits per heavy atom. The van der Waals surface area contributed by atoms with Crippen LogP contribution in [-0.4, -0.2) is 72.6 Å². The van der Waals surface area contributed by atoms with Gasteiger partial charge in [0, 0.05) is 64.8 Å². The minimum Gasteiger partial charge on any atom is -0.491 e. The van der Waals surface area contributed by atoms with Gasteiger partial charge < -0.3 is 19.7 Å². The molecule has 0 radical (unpaired) electrons. The summed E-state index contributed by atoms with van der Waals surface area (Å²) >= 11 is 0. The van der Waals surface area contributed by atoms with Crippen molar-refractivity contribution in [3.8, 4) is 5.75 Å². The molecule has 1 aliphatic heterocycles. The van der Waals surface area contributed by atoms with Crippen molar-refractivity contribution in [2.75, 3.05) is 39.2 Å². The van der Waals surface area contributed by atoms with Gasteiger partial charge in [-0.2, -0.15) is 0 Å². The quantitative estimate of drug-likeness (QED) is 0.765. The first-order valence-electron chi connectivity index (χ1n) is 11.2. The van der Waals surface area contributed by atoms with Crippen molar-refractivity contribution in [1.29, 1.82) is 0 Å². The van der Waals surface area contributed by atoms with Crippen molar-refractivity contribution in [1.82, 2.24) is 14.8 Å². The zero-order valence-corrected chi connectivity index (χ0v) is 20.1. The first kappa shape index (κ1) is 24.7. The monoisotopic (exact) mass is 454 g/mol. The van der Waals surface area contributed by atoms with Crippen molar-refractivity contribution >= 4 is 17.5 Å². The second-order valence-electron chi connectivity index (χ2n) is 8.77. The fourth-order valence-electron chi connectivity index (χ4n) is 4.08. The Labute approximate surface area is 195 Å². The molecule has 2 heterocycles. The molecule has 1 aromatic heterocycles. The summed E-state index contributed by atoms with van der Waals surface area (Å²) in [6, 6.07) is 9.30. The largest absolute Gasteiger partial charge is 0.491 e. The van der Waals surface area contributed by atoms with Gasteiger partial charge >= 0.3 is 0 Å². The van der Waals surface area contributed by atoms with Crippen LogP contribution in [0.3, 0.4) is 0 Å². The second kappa shape index (κ2) is 11.2. The number of hydrogen-bond donors (Lipinski definition) is 1. The van der Waals surface area contributed by atoms with Crippen LogP contribution in [0.4, 0.5) is 5.69 Å². The lowest BCUT2D eigenvalue weighted by Gasteiger charge is -2.36. The number of aromatic nitrogens is 1. The van der Waals surface area contributed by atoms with E-state index in [4.69, 9.17) is 9.47 Å². The minimum atomic E-state index is -0.196. The van der Waals surface area contributed by atoms with Crippen LogP contribution >= 0.6 is 0 Å². The number of pyridine rings is 1. The maximum Gasteiger partial charge on any atom is 0.257 e. The molecule has 2 aromatic rings. The predicted octanol–water partition coefficient (Wildman–Crippen LogP) is 3.05. The van der Waals surface area contributed by atoms with Crippen molar-refractivity contribution in [3.63, 3.8) is 0 Å². The fraction of sp³-hybridized carbons (Fsp3) is 0.480. The Bertz CT molecular complexity index is 953. The molecular formula is C25H34N4O4. The van der Waals surface area contributed by atoms with E-state index in [0.717, 1.165) is 13.1 Å². The van der Waals surface area contributed by atoms with Gasteiger partial charge in [0.05, 0.1) is 11.7 Å². The smallest absolute Gasteiger partial charge is 0.257 e. The minimum absolute atomic E-state index is 0.0910. The average molecular weight is 455 g/mol. The van der Waals surface area contributed by atoms with E-state index in [1.54, 1.807) is 49.7 Å². The van der Waals surface area contributed by atoms with E-state index in [2.05, 4.69) is 29.0 Å². The molecule has 8 nitrogen and oxygen atoms in total. The molecule has 178 valence electrons. The van der Waals surface area contributed by atoms with Crippen molar-refractivity contribution in [3.05, 3.63) is 53.9 Å². The Hall–Kier alpha value is -2.97. The molecule has 8 heteroatoms. The van der Waals surface area contributed by atoms with E-state index in [1.165, 1.54) is 12.5 Å². The maximum absolute atomic E-state index is 13.3. The lowest BCUT2D eigenvalue weighted by atomic mass is 10.0. The van der Waals surface area contributed by atoms with Gasteiger partial charge in [0.15, 0.2) is 0 Å². The van der Waals surface area contributed by atoms with E-state index in [9.17, 15) is 9.59 Å². The number of fused-ring (bicyclic) bond motifs is 1. The average Bonchev–Trinajstić information content (AvgIpc) is 2.80. The first-order valence-corrected chi connectivity index (χ1v) is 11.2. The van der Waals surface area contributed by atoms with E-state index in [0.29, 0.717) is 30.2 Å². The zero-order chi connectivity index (χ0) is 24.0. The Morgan fingerprint density at radius 1 is 1.21 bits per heavy atom. The van der Waals surface area contributed by atoms with Crippen LogP contribution < -0.4 is 10.1 Å². The number of methoxy groups -OCH3 is 1. The lowest BCUT2D eigenvalue weighted by molar-refractivity contribution is -0.114. The van der Waals surface area contributed by atoms with E-state index in [1.807, 2.05) is 12.1 Å². The summed E-state index contributed by atoms with van der Waals surface area (Å²) in [5.74, 6) is 0.310. The summed E-state index contributed by atoms with van der Waals surface area (Å²) in [5.41, 5.74) is 2.15. The number of nitrogens with one attached hydrogen (secondary N) is 1. The molecule has 1 aromatic carbocycles. The third kappa shape index (κ3) is 6.52. The predicted molar refractivity (Wildman–Crippen MR) is 127 cm³/mol. The van der Waals surface area contributed by atoms with Crippen LogP contribution in [0, 0.1) is 5.92 Å². The topological polar surface area (TPSA) is 84.0 Å². The molecule has 33 heavy (non-hydrogen) atoms. The van der Waals surface area contributed by atoms with Gasteiger partial charge in [-0.05, 0) is 48.7 Å². The van der Waals surface area contributed by atoms with Gasteiger partial charge in [0.1, 0.15) is 12.4 Å². The van der Waals surface area contributed by atoms with Crippen LogP contribution in [-0.2, 0) is 16.1 Å². The van der Waals surface area contributed by atoms with Crippen molar-refractivity contribution < 1.29 is 19.1 Å². The standard InChI is InChI=1S/C25H34N4O4/c1-17-13-29(14-20-8-10-26-11-9-20)18(2)16-33-23-7-6-21(27-19(3)30)12-22(23)25(31)28(4)15-24(17)32-5/h6-12,17-18,24H,13-16H2,1-5H3,(H,27,30)/t17-,18-,24-/m0/s1. The third-order valence-corrected chi connectivity index (χ3v) is 6.03. The summed E-state index contributed by atoms with van der Waals surface area (Å²) in [4.78, 5) is 33.0. The second-order valence-corrected chi connectivity index (χ2v) is 8.77. The number of rotatable bonds is 4. The van der Waals surface area contributed by atoms with Gasteiger partial charge in [0.2, 0.25) is 5.91 Å². The molecule has 0 bridgehead atoms. The van der Waals surface area contributed by atoms with E-state index < -0.39 is 0 Å². The number of ether oxygens (including phenoxy) is 2. The number of carbonyl (C=O) groups is 2. The summed E-state index contributed by atoms with van der Waals surface area (Å²) in [5, 5.41) is 2.74. The summed E-state index contributed by atoms with van der Waals surface area (Å²) < 4.78 is 12.0. The fourth-order valence-corrected chi connectivity index (χ4v) is 4.08. The molecule has 0 fully saturated rings. The molecular weight excluding hydrogens is 420 g/mol. The molecule has 0 spiro atoms. The summed E-state index contributed by atoms with van der Waals surface area (Å²) in [7, 11) is 3.45. The van der Waals surface area contributed by atoms with Gasteiger partial charge in [-0.25, -0.2) is 0 Å². The molecule has 0 unspecified atom stereocenters. The van der Waals surface area contributed by atoms with E-state index >= 15 is 0 Å². The van der Waals surface area contributed by atoms with Gasteiger partial charge in [0.25, 0.3) is 5.91 Å². The maximum atomic E-state index is 13.3. The number of anilines is 1. The molecule has 1 N–H and O–H groups in total. The summed E-state index contributed by atoms with van der Waals surface area (Å²) in [6.07, 6.45) is 3.48. The van der Waals surface area contributed by atoms with Crippen LogP contribution in [0.5, 0.6) is 5.75 Å². The molecule has 0 saturated carbocycles. The third-order valence-electron chi connectivity index (χ3n) is 6.03. The molecule has 3 rings (SSSR count). The van der Waals surface area contributed by atoms with Gasteiger partial charge in [-0.15, -0.1) is 0 Å². The lowest BCUT2D eigenvalue weighted by Crippen LogP contribution is -2.46. The summed E-state index contributed by atoms with van der Waals surface area (Å²) in [6.45, 7) is 8.12.